The van der Waals surface area contributed by atoms with E-state index in [-0.39, 0.29) is 0 Å². The second kappa shape index (κ2) is 23.4. The molecule has 0 N–H and O–H groups in total. The normalized spacial score (nSPS) is 12.1. The van der Waals surface area contributed by atoms with E-state index in [2.05, 4.69) is 86.1 Å². The number of aryl methyl sites for hydroxylation is 2. The third-order valence-corrected chi connectivity index (χ3v) is 5.82. The van der Waals surface area contributed by atoms with Gasteiger partial charge in [-0.15, -0.1) is 0 Å². The quantitative estimate of drug-likeness (QED) is 0.232. The molecule has 0 aliphatic heterocycles. The van der Waals surface area contributed by atoms with Crippen LogP contribution in [-0.2, 0) is 0 Å². The molecule has 1 aromatic carbocycles. The first-order valence-electron chi connectivity index (χ1n) is 13.7. The van der Waals surface area contributed by atoms with Gasteiger partial charge in [0.2, 0.25) is 0 Å². The molecule has 0 saturated carbocycles. The minimum absolute atomic E-state index is 0.533. The first-order valence-corrected chi connectivity index (χ1v) is 13.7. The molecule has 1 rings (SSSR count). The third-order valence-electron chi connectivity index (χ3n) is 5.82. The molecule has 0 spiro atoms. The SMILES string of the molecule is C=C/C=C(\C=C/C)C(=C)CC(CC)C(=C)C.C=c1c(C)ccc(C)/c1=C(/CC)CCC.CC.CC. The number of rotatable bonds is 10. The Labute approximate surface area is 220 Å². The van der Waals surface area contributed by atoms with Crippen LogP contribution in [0.2, 0.25) is 0 Å². The Kier molecular flexibility index (Phi) is 24.9. The Hall–Kier alpha value is -2.34. The Morgan fingerprint density at radius 2 is 1.51 bits per heavy atom. The van der Waals surface area contributed by atoms with Crippen LogP contribution in [0.5, 0.6) is 0 Å². The van der Waals surface area contributed by atoms with Gasteiger partial charge in [0.25, 0.3) is 0 Å². The highest BCUT2D eigenvalue weighted by Crippen LogP contribution is 2.25. The van der Waals surface area contributed by atoms with Crippen LogP contribution >= 0.6 is 0 Å². The molecule has 0 amide bonds. The van der Waals surface area contributed by atoms with E-state index in [1.54, 1.807) is 5.57 Å². The second-order valence-corrected chi connectivity index (χ2v) is 8.38. The molecule has 0 heterocycles. The molecule has 1 aromatic rings. The fourth-order valence-corrected chi connectivity index (χ4v) is 3.82. The van der Waals surface area contributed by atoms with Gasteiger partial charge in [0.1, 0.15) is 0 Å². The van der Waals surface area contributed by atoms with Crippen LogP contribution in [0, 0.1) is 19.8 Å². The summed E-state index contributed by atoms with van der Waals surface area (Å²) in [7, 11) is 0. The molecule has 0 radical (unpaired) electrons. The topological polar surface area (TPSA) is 0 Å². The molecule has 198 valence electrons. The zero-order chi connectivity index (χ0) is 28.0. The highest BCUT2D eigenvalue weighted by atomic mass is 14.1. The van der Waals surface area contributed by atoms with Crippen molar-refractivity contribution in [3.05, 3.63) is 94.5 Å². The Bertz CT molecular complexity index is 902. The summed E-state index contributed by atoms with van der Waals surface area (Å²) in [6.45, 7) is 39.2. The van der Waals surface area contributed by atoms with Gasteiger partial charge in [0, 0.05) is 0 Å². The maximum atomic E-state index is 4.21. The van der Waals surface area contributed by atoms with Gasteiger partial charge in [-0.05, 0) is 92.0 Å². The van der Waals surface area contributed by atoms with Crippen molar-refractivity contribution in [1.29, 1.82) is 0 Å². The molecule has 0 fully saturated rings. The summed E-state index contributed by atoms with van der Waals surface area (Å²) in [5, 5.41) is 2.64. The molecule has 1 unspecified atom stereocenters. The minimum Gasteiger partial charge on any atom is -0.0998 e. The van der Waals surface area contributed by atoms with Crippen molar-refractivity contribution in [1.82, 2.24) is 0 Å². The molecule has 0 bridgehead atoms. The van der Waals surface area contributed by atoms with Gasteiger partial charge in [-0.2, -0.15) is 0 Å². The molecule has 0 saturated heterocycles. The van der Waals surface area contributed by atoms with Crippen molar-refractivity contribution in [2.75, 3.05) is 0 Å². The van der Waals surface area contributed by atoms with E-state index in [1.807, 2.05) is 52.8 Å². The first kappa shape index (κ1) is 37.2. The van der Waals surface area contributed by atoms with Crippen LogP contribution in [0.1, 0.15) is 106 Å². The summed E-state index contributed by atoms with van der Waals surface area (Å²) in [4.78, 5) is 0. The molecule has 0 aromatic heterocycles. The Morgan fingerprint density at radius 1 is 0.971 bits per heavy atom. The summed E-state index contributed by atoms with van der Waals surface area (Å²) in [5.41, 5.74) is 7.80. The van der Waals surface area contributed by atoms with Gasteiger partial charge < -0.3 is 0 Å². The van der Waals surface area contributed by atoms with Gasteiger partial charge in [0.05, 0.1) is 0 Å². The lowest BCUT2D eigenvalue weighted by molar-refractivity contribution is 0.591. The van der Waals surface area contributed by atoms with E-state index in [0.717, 1.165) is 30.4 Å². The molecule has 0 aliphatic carbocycles. The molecule has 0 aliphatic rings. The zero-order valence-corrected chi connectivity index (χ0v) is 25.4. The lowest BCUT2D eigenvalue weighted by Gasteiger charge is -2.17. The summed E-state index contributed by atoms with van der Waals surface area (Å²) in [5.74, 6) is 0.533. The van der Waals surface area contributed by atoms with Crippen molar-refractivity contribution >= 4 is 12.2 Å². The maximum Gasteiger partial charge on any atom is -0.0166 e. The number of hydrogen-bond acceptors (Lipinski definition) is 0. The second-order valence-electron chi connectivity index (χ2n) is 8.38. The highest BCUT2D eigenvalue weighted by molar-refractivity contribution is 5.48. The molecular formula is C35H58. The molecule has 35 heavy (non-hydrogen) atoms. The fourth-order valence-electron chi connectivity index (χ4n) is 3.82. The summed E-state index contributed by atoms with van der Waals surface area (Å²) in [6, 6.07) is 4.38. The van der Waals surface area contributed by atoms with E-state index in [4.69, 9.17) is 0 Å². The summed E-state index contributed by atoms with van der Waals surface area (Å²) in [6.07, 6.45) is 13.6. The zero-order valence-electron chi connectivity index (χ0n) is 25.4. The smallest absolute Gasteiger partial charge is 0.0166 e. The van der Waals surface area contributed by atoms with Crippen molar-refractivity contribution in [2.24, 2.45) is 5.92 Å². The fraction of sp³-hybridized carbons (Fsp3) is 0.486. The standard InChI is InChI=1S/C16H24.C15H22.2C2H6/c1-7-10-16(11-8-2)14(6)12-15(9-3)13(4)5;1-6-8-14(7-2)15-12(4)10-9-11(3)13(15)5;2*1-2/h7-8,10-11,15H,1,4,6,9,12H2,2-3,5H3;9-10H,5-8H2,1-4H3;2*1-2H3/b11-8-,16-10+;15-14+;;. The van der Waals surface area contributed by atoms with E-state index < -0.39 is 0 Å². The van der Waals surface area contributed by atoms with Crippen molar-refractivity contribution < 1.29 is 0 Å². The van der Waals surface area contributed by atoms with Crippen LogP contribution in [0.3, 0.4) is 0 Å². The van der Waals surface area contributed by atoms with Crippen molar-refractivity contribution in [3.8, 4) is 0 Å². The predicted octanol–water partition coefficient (Wildman–Crippen LogP) is 10.4. The average Bonchev–Trinajstić information content (AvgIpc) is 2.86. The minimum atomic E-state index is 0.533. The monoisotopic (exact) mass is 478 g/mol. The van der Waals surface area contributed by atoms with Crippen molar-refractivity contribution in [3.63, 3.8) is 0 Å². The highest BCUT2D eigenvalue weighted by Gasteiger charge is 2.10. The van der Waals surface area contributed by atoms with E-state index in [0.29, 0.717) is 5.92 Å². The lowest BCUT2D eigenvalue weighted by Crippen LogP contribution is -2.30. The number of hydrogen-bond donors (Lipinski definition) is 0. The van der Waals surface area contributed by atoms with E-state index >= 15 is 0 Å². The van der Waals surface area contributed by atoms with Crippen LogP contribution in [-0.4, -0.2) is 0 Å². The summed E-state index contributed by atoms with van der Waals surface area (Å²) >= 11 is 0. The van der Waals surface area contributed by atoms with E-state index in [1.165, 1.54) is 40.0 Å². The van der Waals surface area contributed by atoms with Gasteiger partial charge in [0.15, 0.2) is 0 Å². The molecular weight excluding hydrogens is 420 g/mol. The van der Waals surface area contributed by atoms with Gasteiger partial charge in [-0.1, -0.05) is 129 Å². The summed E-state index contributed by atoms with van der Waals surface area (Å²) < 4.78 is 0. The molecule has 0 nitrogen and oxygen atoms in total. The average molecular weight is 479 g/mol. The molecule has 1 atom stereocenters. The maximum absolute atomic E-state index is 4.21. The van der Waals surface area contributed by atoms with Gasteiger partial charge >= 0.3 is 0 Å². The van der Waals surface area contributed by atoms with Crippen LogP contribution < -0.4 is 10.4 Å². The number of allylic oxidation sites excluding steroid dienone is 7. The van der Waals surface area contributed by atoms with Gasteiger partial charge in [-0.3, -0.25) is 0 Å². The Morgan fingerprint density at radius 3 is 1.91 bits per heavy atom. The van der Waals surface area contributed by atoms with Gasteiger partial charge in [-0.25, -0.2) is 0 Å². The number of benzene rings is 1. The molecule has 0 heteroatoms. The van der Waals surface area contributed by atoms with Crippen LogP contribution in [0.25, 0.3) is 12.2 Å². The van der Waals surface area contributed by atoms with Crippen LogP contribution in [0.15, 0.2) is 72.9 Å². The van der Waals surface area contributed by atoms with Crippen LogP contribution in [0.4, 0.5) is 0 Å². The Balaban J connectivity index is -0.000000512. The van der Waals surface area contributed by atoms with E-state index in [9.17, 15) is 0 Å². The first-order chi connectivity index (χ1) is 16.7. The lowest BCUT2D eigenvalue weighted by atomic mass is 9.89. The predicted molar refractivity (Wildman–Crippen MR) is 167 cm³/mol. The largest absolute Gasteiger partial charge is 0.0998 e. The third kappa shape index (κ3) is 14.6. The van der Waals surface area contributed by atoms with Crippen molar-refractivity contribution in [2.45, 2.75) is 108 Å².